The van der Waals surface area contributed by atoms with Gasteiger partial charge in [0, 0.05) is 11.8 Å². The van der Waals surface area contributed by atoms with Crippen molar-refractivity contribution in [3.63, 3.8) is 0 Å². The molecule has 0 spiro atoms. The van der Waals surface area contributed by atoms with E-state index in [9.17, 15) is 18.4 Å². The molecule has 4 rings (SSSR count). The fourth-order valence-corrected chi connectivity index (χ4v) is 3.65. The first-order valence-electron chi connectivity index (χ1n) is 9.75. The molecule has 1 heterocycles. The van der Waals surface area contributed by atoms with Crippen molar-refractivity contribution in [3.05, 3.63) is 100 Å². The van der Waals surface area contributed by atoms with Crippen molar-refractivity contribution < 1.29 is 18.4 Å². The number of amides is 2. The van der Waals surface area contributed by atoms with Gasteiger partial charge in [-0.15, -0.1) is 0 Å². The molecular formula is C25H20F2N2O2. The van der Waals surface area contributed by atoms with Crippen LogP contribution in [0.2, 0.25) is 0 Å². The lowest BCUT2D eigenvalue weighted by molar-refractivity contribution is -0.120. The van der Waals surface area contributed by atoms with E-state index < -0.39 is 29.1 Å². The van der Waals surface area contributed by atoms with Crippen LogP contribution in [-0.4, -0.2) is 11.8 Å². The standard InChI is InChI=1S/C25H20F2N2O2/c1-14-4-8-18(9-5-14)28-23-22(19-10-6-15(2)12-16(19)3)24(30)29(25(23)31)21-13-17(26)7-11-20(21)27/h4-13,28H,1-3H3. The monoisotopic (exact) mass is 418 g/mol. The van der Waals surface area contributed by atoms with Gasteiger partial charge in [0.05, 0.1) is 11.3 Å². The number of aryl methyl sites for hydroxylation is 3. The van der Waals surface area contributed by atoms with E-state index in [0.29, 0.717) is 16.2 Å². The smallest absolute Gasteiger partial charge is 0.282 e. The minimum absolute atomic E-state index is 0.0180. The summed E-state index contributed by atoms with van der Waals surface area (Å²) < 4.78 is 28.3. The number of hydrogen-bond donors (Lipinski definition) is 1. The van der Waals surface area contributed by atoms with Crippen LogP contribution in [0.25, 0.3) is 5.57 Å². The van der Waals surface area contributed by atoms with Gasteiger partial charge in [-0.05, 0) is 56.2 Å². The summed E-state index contributed by atoms with van der Waals surface area (Å²) in [6, 6.07) is 15.5. The molecule has 0 fully saturated rings. The molecule has 0 unspecified atom stereocenters. The van der Waals surface area contributed by atoms with Crippen molar-refractivity contribution in [3.8, 4) is 0 Å². The fraction of sp³-hybridized carbons (Fsp3) is 0.120. The van der Waals surface area contributed by atoms with Crippen LogP contribution in [0.5, 0.6) is 0 Å². The molecular weight excluding hydrogens is 398 g/mol. The van der Waals surface area contributed by atoms with E-state index in [1.807, 2.05) is 45.0 Å². The number of halogens is 2. The Balaban J connectivity index is 1.88. The molecule has 3 aromatic rings. The van der Waals surface area contributed by atoms with Crippen molar-refractivity contribution in [2.24, 2.45) is 0 Å². The van der Waals surface area contributed by atoms with Crippen LogP contribution in [0, 0.1) is 32.4 Å². The topological polar surface area (TPSA) is 49.4 Å². The van der Waals surface area contributed by atoms with E-state index in [4.69, 9.17) is 0 Å². The fourth-order valence-electron chi connectivity index (χ4n) is 3.65. The molecule has 31 heavy (non-hydrogen) atoms. The molecule has 0 radical (unpaired) electrons. The van der Waals surface area contributed by atoms with Gasteiger partial charge in [0.25, 0.3) is 11.8 Å². The van der Waals surface area contributed by atoms with E-state index in [-0.39, 0.29) is 11.3 Å². The summed E-state index contributed by atoms with van der Waals surface area (Å²) in [4.78, 5) is 27.4. The van der Waals surface area contributed by atoms with Gasteiger partial charge in [0.2, 0.25) is 0 Å². The average molecular weight is 418 g/mol. The Morgan fingerprint density at radius 2 is 1.45 bits per heavy atom. The second-order valence-corrected chi connectivity index (χ2v) is 7.60. The molecule has 0 aromatic heterocycles. The largest absolute Gasteiger partial charge is 0.350 e. The lowest BCUT2D eigenvalue weighted by Crippen LogP contribution is -2.33. The number of hydrogen-bond acceptors (Lipinski definition) is 3. The number of carbonyl (C=O) groups is 2. The maximum Gasteiger partial charge on any atom is 0.282 e. The first kappa shape index (κ1) is 20.5. The van der Waals surface area contributed by atoms with E-state index in [0.717, 1.165) is 34.9 Å². The third kappa shape index (κ3) is 3.72. The van der Waals surface area contributed by atoms with E-state index in [2.05, 4.69) is 5.32 Å². The van der Waals surface area contributed by atoms with Gasteiger partial charge < -0.3 is 5.32 Å². The third-order valence-corrected chi connectivity index (χ3v) is 5.21. The molecule has 0 aliphatic carbocycles. The van der Waals surface area contributed by atoms with Crippen LogP contribution in [0.3, 0.4) is 0 Å². The molecule has 1 aliphatic heterocycles. The van der Waals surface area contributed by atoms with E-state index >= 15 is 0 Å². The van der Waals surface area contributed by atoms with Gasteiger partial charge in [-0.1, -0.05) is 41.5 Å². The van der Waals surface area contributed by atoms with Crippen LogP contribution in [-0.2, 0) is 9.59 Å². The molecule has 0 saturated heterocycles. The second-order valence-electron chi connectivity index (χ2n) is 7.60. The molecule has 0 bridgehead atoms. The first-order valence-corrected chi connectivity index (χ1v) is 9.75. The SMILES string of the molecule is Cc1ccc(NC2=C(c3ccc(C)cc3C)C(=O)N(c3cc(F)ccc3F)C2=O)cc1. The highest BCUT2D eigenvalue weighted by Gasteiger charge is 2.42. The Labute approximate surface area is 178 Å². The minimum Gasteiger partial charge on any atom is -0.350 e. The molecule has 2 amide bonds. The van der Waals surface area contributed by atoms with Crippen LogP contribution >= 0.6 is 0 Å². The molecule has 1 N–H and O–H groups in total. The van der Waals surface area contributed by atoms with Crippen LogP contribution in [0.4, 0.5) is 20.2 Å². The molecule has 6 heteroatoms. The number of anilines is 2. The first-order chi connectivity index (χ1) is 14.8. The Hall–Kier alpha value is -3.80. The maximum absolute atomic E-state index is 14.5. The number of imide groups is 1. The van der Waals surface area contributed by atoms with Crippen molar-refractivity contribution >= 4 is 28.8 Å². The lowest BCUT2D eigenvalue weighted by Gasteiger charge is -2.16. The summed E-state index contributed by atoms with van der Waals surface area (Å²) in [6.45, 7) is 5.69. The minimum atomic E-state index is -0.861. The van der Waals surface area contributed by atoms with Crippen molar-refractivity contribution in [2.75, 3.05) is 10.2 Å². The highest BCUT2D eigenvalue weighted by Crippen LogP contribution is 2.36. The molecule has 4 nitrogen and oxygen atoms in total. The predicted molar refractivity (Wildman–Crippen MR) is 116 cm³/mol. The van der Waals surface area contributed by atoms with Gasteiger partial charge in [0.1, 0.15) is 17.3 Å². The van der Waals surface area contributed by atoms with Gasteiger partial charge in [-0.25, -0.2) is 13.7 Å². The summed E-state index contributed by atoms with van der Waals surface area (Å²) in [7, 11) is 0. The van der Waals surface area contributed by atoms with Crippen LogP contribution < -0.4 is 10.2 Å². The Morgan fingerprint density at radius 3 is 2.13 bits per heavy atom. The van der Waals surface area contributed by atoms with E-state index in [1.54, 1.807) is 18.2 Å². The lowest BCUT2D eigenvalue weighted by atomic mass is 9.97. The summed E-state index contributed by atoms with van der Waals surface area (Å²) >= 11 is 0. The van der Waals surface area contributed by atoms with Gasteiger partial charge in [0.15, 0.2) is 0 Å². The molecule has 156 valence electrons. The number of carbonyl (C=O) groups excluding carboxylic acids is 2. The highest BCUT2D eigenvalue weighted by molar-refractivity contribution is 6.46. The zero-order chi connectivity index (χ0) is 22.3. The number of nitrogens with zero attached hydrogens (tertiary/aromatic N) is 1. The molecule has 1 aliphatic rings. The number of rotatable bonds is 4. The zero-order valence-electron chi connectivity index (χ0n) is 17.3. The number of nitrogens with one attached hydrogen (secondary N) is 1. The van der Waals surface area contributed by atoms with E-state index in [1.165, 1.54) is 0 Å². The Morgan fingerprint density at radius 1 is 0.774 bits per heavy atom. The van der Waals surface area contributed by atoms with Gasteiger partial charge in [-0.2, -0.15) is 0 Å². The summed E-state index contributed by atoms with van der Waals surface area (Å²) in [5.74, 6) is -3.06. The zero-order valence-corrected chi connectivity index (χ0v) is 17.3. The highest BCUT2D eigenvalue weighted by atomic mass is 19.1. The summed E-state index contributed by atoms with van der Waals surface area (Å²) in [5, 5.41) is 3.02. The quantitative estimate of drug-likeness (QED) is 0.586. The predicted octanol–water partition coefficient (Wildman–Crippen LogP) is 5.29. The van der Waals surface area contributed by atoms with Crippen molar-refractivity contribution in [1.82, 2.24) is 0 Å². The molecule has 0 atom stereocenters. The second kappa shape index (κ2) is 7.80. The maximum atomic E-state index is 14.5. The summed E-state index contributed by atoms with van der Waals surface area (Å²) in [6.07, 6.45) is 0. The Kier molecular flexibility index (Phi) is 5.15. The van der Waals surface area contributed by atoms with Gasteiger partial charge >= 0.3 is 0 Å². The van der Waals surface area contributed by atoms with Crippen LogP contribution in [0.1, 0.15) is 22.3 Å². The Bertz CT molecular complexity index is 1250. The molecule has 0 saturated carbocycles. The molecule has 3 aromatic carbocycles. The summed E-state index contributed by atoms with van der Waals surface area (Å²) in [5.41, 5.74) is 3.70. The third-order valence-electron chi connectivity index (χ3n) is 5.21. The number of benzene rings is 3. The van der Waals surface area contributed by atoms with Crippen molar-refractivity contribution in [2.45, 2.75) is 20.8 Å². The van der Waals surface area contributed by atoms with Crippen molar-refractivity contribution in [1.29, 1.82) is 0 Å². The normalized spacial score (nSPS) is 13.9. The average Bonchev–Trinajstić information content (AvgIpc) is 2.95. The van der Waals surface area contributed by atoms with Crippen LogP contribution in [0.15, 0.2) is 66.4 Å². The van der Waals surface area contributed by atoms with Gasteiger partial charge in [-0.3, -0.25) is 9.59 Å².